The van der Waals surface area contributed by atoms with Gasteiger partial charge in [-0.25, -0.2) is 0 Å². The van der Waals surface area contributed by atoms with Crippen molar-refractivity contribution >= 4 is 103 Å². The van der Waals surface area contributed by atoms with Crippen LogP contribution in [-0.2, 0) is 0 Å². The molecular formula is C14H8N2S6. The third kappa shape index (κ3) is 3.81. The molecule has 2 aliphatic heterocycles. The van der Waals surface area contributed by atoms with E-state index in [0.717, 1.165) is 20.9 Å². The number of rotatable bonds is 2. The molecule has 2 heterocycles. The minimum atomic E-state index is 0.688. The maximum atomic E-state index is 5.23. The second-order valence-corrected chi connectivity index (χ2v) is 8.63. The molecule has 2 aliphatic rings. The summed E-state index contributed by atoms with van der Waals surface area (Å²) < 4.78 is 1.40. The van der Waals surface area contributed by atoms with Crippen LogP contribution < -0.4 is 10.6 Å². The Balaban J connectivity index is 1.79. The SMILES string of the molecule is S=C1NC(=S)/C(=C/c2ccc(/C=C3/SC(=S)NC3=S)cc2)S1. The zero-order chi connectivity index (χ0) is 15.7. The smallest absolute Gasteiger partial charge is 0.143 e. The van der Waals surface area contributed by atoms with E-state index in [1.165, 1.54) is 23.5 Å². The van der Waals surface area contributed by atoms with Crippen LogP contribution in [0, 0.1) is 0 Å². The average molecular weight is 397 g/mol. The van der Waals surface area contributed by atoms with Crippen molar-refractivity contribution in [1.82, 2.24) is 10.6 Å². The lowest BCUT2D eigenvalue weighted by molar-refractivity contribution is 1.52. The molecule has 1 aromatic carbocycles. The standard InChI is InChI=1S/C14H8N2S6/c17-11-9(21-13(19)15-11)5-7-1-2-8(4-3-7)6-10-12(18)16-14(20)22-10/h1-6H,(H,15,17,19)(H,16,18,20)/b9-5-,10-6+. The Morgan fingerprint density at radius 2 is 1.05 bits per heavy atom. The molecule has 2 fully saturated rings. The summed E-state index contributed by atoms with van der Waals surface area (Å²) in [5, 5.41) is 5.94. The van der Waals surface area contributed by atoms with Gasteiger partial charge in [-0.2, -0.15) is 0 Å². The number of thiocarbonyl (C=S) groups is 4. The van der Waals surface area contributed by atoms with E-state index in [1.54, 1.807) is 0 Å². The Labute approximate surface area is 158 Å². The molecule has 110 valence electrons. The van der Waals surface area contributed by atoms with E-state index < -0.39 is 0 Å². The van der Waals surface area contributed by atoms with Crippen LogP contribution in [0.25, 0.3) is 12.2 Å². The fraction of sp³-hybridized carbons (Fsp3) is 0. The highest BCUT2D eigenvalue weighted by atomic mass is 32.2. The van der Waals surface area contributed by atoms with Gasteiger partial charge in [0.1, 0.15) is 18.6 Å². The molecule has 0 amide bonds. The molecule has 1 aromatic rings. The van der Waals surface area contributed by atoms with Crippen molar-refractivity contribution in [2.45, 2.75) is 0 Å². The maximum Gasteiger partial charge on any atom is 0.143 e. The van der Waals surface area contributed by atoms with E-state index in [9.17, 15) is 0 Å². The van der Waals surface area contributed by atoms with Gasteiger partial charge in [-0.15, -0.1) is 0 Å². The number of thioether (sulfide) groups is 2. The van der Waals surface area contributed by atoms with E-state index in [2.05, 4.69) is 10.6 Å². The molecule has 3 rings (SSSR count). The topological polar surface area (TPSA) is 24.1 Å². The summed E-state index contributed by atoms with van der Waals surface area (Å²) in [4.78, 5) is 3.34. The van der Waals surface area contributed by atoms with Gasteiger partial charge in [-0.1, -0.05) is 96.7 Å². The molecule has 0 spiro atoms. The summed E-state index contributed by atoms with van der Waals surface area (Å²) in [5.74, 6) is 0. The van der Waals surface area contributed by atoms with Crippen LogP contribution in [0.2, 0.25) is 0 Å². The Morgan fingerprint density at radius 3 is 1.32 bits per heavy atom. The molecule has 22 heavy (non-hydrogen) atoms. The van der Waals surface area contributed by atoms with Crippen LogP contribution in [0.15, 0.2) is 34.1 Å². The van der Waals surface area contributed by atoms with Crippen LogP contribution in [0.1, 0.15) is 11.1 Å². The predicted octanol–water partition coefficient (Wildman–Crippen LogP) is 4.27. The third-order valence-corrected chi connectivity index (χ3v) is 6.08. The third-order valence-electron chi connectivity index (χ3n) is 2.82. The van der Waals surface area contributed by atoms with Crippen LogP contribution in [0.4, 0.5) is 0 Å². The fourth-order valence-corrected chi connectivity index (χ4v) is 4.79. The normalized spacial score (nSPS) is 21.6. The van der Waals surface area contributed by atoms with E-state index in [0.29, 0.717) is 18.6 Å². The van der Waals surface area contributed by atoms with Gasteiger partial charge in [0.25, 0.3) is 0 Å². The van der Waals surface area contributed by atoms with Gasteiger partial charge >= 0.3 is 0 Å². The Hall–Kier alpha value is -0.640. The molecule has 0 saturated carbocycles. The van der Waals surface area contributed by atoms with Gasteiger partial charge < -0.3 is 10.6 Å². The number of hydrogen-bond donors (Lipinski definition) is 2. The summed E-state index contributed by atoms with van der Waals surface area (Å²) in [6.45, 7) is 0. The summed E-state index contributed by atoms with van der Waals surface area (Å²) >= 11 is 23.6. The summed E-state index contributed by atoms with van der Waals surface area (Å²) in [6.07, 6.45) is 4.06. The summed E-state index contributed by atoms with van der Waals surface area (Å²) in [6, 6.07) is 8.16. The van der Waals surface area contributed by atoms with Crippen molar-refractivity contribution < 1.29 is 0 Å². The zero-order valence-electron chi connectivity index (χ0n) is 10.9. The summed E-state index contributed by atoms with van der Waals surface area (Å²) in [7, 11) is 0. The molecule has 0 unspecified atom stereocenters. The molecule has 0 atom stereocenters. The molecule has 2 saturated heterocycles. The van der Waals surface area contributed by atoms with Gasteiger partial charge in [0, 0.05) is 9.81 Å². The number of benzene rings is 1. The molecule has 0 bridgehead atoms. The Morgan fingerprint density at radius 1 is 0.682 bits per heavy atom. The molecule has 2 N–H and O–H groups in total. The Kier molecular flexibility index (Phi) is 5.06. The van der Waals surface area contributed by atoms with Crippen LogP contribution >= 0.6 is 72.4 Å². The van der Waals surface area contributed by atoms with Crippen molar-refractivity contribution in [2.75, 3.05) is 0 Å². The number of hydrogen-bond acceptors (Lipinski definition) is 6. The molecule has 2 nitrogen and oxygen atoms in total. The van der Waals surface area contributed by atoms with Crippen molar-refractivity contribution in [3.8, 4) is 0 Å². The lowest BCUT2D eigenvalue weighted by Gasteiger charge is -1.99. The van der Waals surface area contributed by atoms with Crippen LogP contribution in [0.3, 0.4) is 0 Å². The predicted molar refractivity (Wildman–Crippen MR) is 114 cm³/mol. The van der Waals surface area contributed by atoms with E-state index >= 15 is 0 Å². The van der Waals surface area contributed by atoms with Crippen LogP contribution in [0.5, 0.6) is 0 Å². The van der Waals surface area contributed by atoms with E-state index in [1.807, 2.05) is 36.4 Å². The van der Waals surface area contributed by atoms with Crippen molar-refractivity contribution in [3.63, 3.8) is 0 Å². The van der Waals surface area contributed by atoms with Gasteiger partial charge in [0.05, 0.1) is 0 Å². The molecule has 0 radical (unpaired) electrons. The van der Waals surface area contributed by atoms with Gasteiger partial charge in [-0.05, 0) is 23.3 Å². The molecule has 0 aromatic heterocycles. The van der Waals surface area contributed by atoms with E-state index in [4.69, 9.17) is 48.9 Å². The highest BCUT2D eigenvalue weighted by Crippen LogP contribution is 2.28. The Bertz CT molecular complexity index is 695. The molecule has 0 aliphatic carbocycles. The van der Waals surface area contributed by atoms with Crippen molar-refractivity contribution in [2.24, 2.45) is 0 Å². The first-order valence-corrected chi connectivity index (χ1v) is 9.38. The lowest BCUT2D eigenvalue weighted by atomic mass is 10.1. The fourth-order valence-electron chi connectivity index (χ4n) is 1.83. The quantitative estimate of drug-likeness (QED) is 0.565. The van der Waals surface area contributed by atoms with E-state index in [-0.39, 0.29) is 0 Å². The maximum absolute atomic E-state index is 5.23. The average Bonchev–Trinajstić information content (AvgIpc) is 2.94. The minimum Gasteiger partial charge on any atom is -0.331 e. The number of nitrogens with one attached hydrogen (secondary N) is 2. The first kappa shape index (κ1) is 16.2. The molecule has 8 heteroatoms. The monoisotopic (exact) mass is 396 g/mol. The molecular weight excluding hydrogens is 389 g/mol. The van der Waals surface area contributed by atoms with Crippen LogP contribution in [-0.4, -0.2) is 18.6 Å². The first-order valence-electron chi connectivity index (χ1n) is 6.11. The largest absolute Gasteiger partial charge is 0.331 e. The van der Waals surface area contributed by atoms with Crippen molar-refractivity contribution in [1.29, 1.82) is 0 Å². The van der Waals surface area contributed by atoms with Gasteiger partial charge in [0.2, 0.25) is 0 Å². The van der Waals surface area contributed by atoms with Gasteiger partial charge in [0.15, 0.2) is 0 Å². The zero-order valence-corrected chi connectivity index (χ0v) is 15.8. The first-order chi connectivity index (χ1) is 10.5. The van der Waals surface area contributed by atoms with Crippen molar-refractivity contribution in [3.05, 3.63) is 45.2 Å². The lowest BCUT2D eigenvalue weighted by Crippen LogP contribution is -2.15. The van der Waals surface area contributed by atoms with Gasteiger partial charge in [-0.3, -0.25) is 0 Å². The highest BCUT2D eigenvalue weighted by molar-refractivity contribution is 8.28. The summed E-state index contributed by atoms with van der Waals surface area (Å²) in [5.41, 5.74) is 2.16. The highest BCUT2D eigenvalue weighted by Gasteiger charge is 2.19. The minimum absolute atomic E-state index is 0.688. The second kappa shape index (κ2) is 6.86. The second-order valence-electron chi connectivity index (χ2n) is 4.37.